The largest absolute Gasteiger partial charge is 0.376 e. The van der Waals surface area contributed by atoms with Crippen LogP contribution in [0.25, 0.3) is 0 Å². The molecule has 5 nitrogen and oxygen atoms in total. The third kappa shape index (κ3) is 6.05. The van der Waals surface area contributed by atoms with Gasteiger partial charge in [-0.25, -0.2) is 4.39 Å². The van der Waals surface area contributed by atoms with Gasteiger partial charge in [0, 0.05) is 23.5 Å². The predicted molar refractivity (Wildman–Crippen MR) is 113 cm³/mol. The summed E-state index contributed by atoms with van der Waals surface area (Å²) < 4.78 is 13.1. The summed E-state index contributed by atoms with van der Waals surface area (Å²) >= 11 is 5.71. The number of hydrogen-bond donors (Lipinski definition) is 3. The second kappa shape index (κ2) is 9.71. The van der Waals surface area contributed by atoms with Crippen molar-refractivity contribution in [3.63, 3.8) is 0 Å². The molecule has 0 spiro atoms. The highest BCUT2D eigenvalue weighted by atomic mass is 35.5. The first-order chi connectivity index (χ1) is 14.0. The van der Waals surface area contributed by atoms with E-state index in [0.29, 0.717) is 23.5 Å². The zero-order valence-corrected chi connectivity index (χ0v) is 16.2. The van der Waals surface area contributed by atoms with Gasteiger partial charge in [-0.15, -0.1) is 0 Å². The van der Waals surface area contributed by atoms with Crippen molar-refractivity contribution in [1.82, 2.24) is 5.32 Å². The van der Waals surface area contributed by atoms with Gasteiger partial charge in [0.1, 0.15) is 5.82 Å². The molecule has 0 fully saturated rings. The van der Waals surface area contributed by atoms with Crippen LogP contribution in [0.1, 0.15) is 15.9 Å². The molecule has 0 aromatic heterocycles. The minimum atomic E-state index is -0.519. The molecule has 0 aliphatic rings. The Morgan fingerprint density at radius 1 is 0.897 bits per heavy atom. The van der Waals surface area contributed by atoms with Gasteiger partial charge in [-0.05, 0) is 48.0 Å². The maximum Gasteiger partial charge on any atom is 0.251 e. The first-order valence-electron chi connectivity index (χ1n) is 8.92. The molecule has 0 saturated carbocycles. The number of carbonyl (C=O) groups is 2. The Morgan fingerprint density at radius 2 is 1.59 bits per heavy atom. The summed E-state index contributed by atoms with van der Waals surface area (Å²) in [5, 5.41) is 8.42. The van der Waals surface area contributed by atoms with Crippen LogP contribution in [0.2, 0.25) is 5.02 Å². The number of rotatable bonds is 7. The molecule has 0 unspecified atom stereocenters. The number of anilines is 2. The minimum absolute atomic E-state index is 0.0126. The Balaban J connectivity index is 1.48. The van der Waals surface area contributed by atoms with Crippen molar-refractivity contribution in [2.45, 2.75) is 6.54 Å². The lowest BCUT2D eigenvalue weighted by atomic mass is 10.1. The summed E-state index contributed by atoms with van der Waals surface area (Å²) in [5.74, 6) is -0.997. The number of amides is 2. The lowest BCUT2D eigenvalue weighted by Crippen LogP contribution is -2.23. The van der Waals surface area contributed by atoms with Crippen molar-refractivity contribution in [2.24, 2.45) is 0 Å². The van der Waals surface area contributed by atoms with E-state index < -0.39 is 5.82 Å². The molecule has 0 saturated heterocycles. The molecule has 0 bridgehead atoms. The standard InChI is InChI=1S/C22H19ClFN3O2/c23-19-12-18(10-11-20(19)24)25-14-21(28)27-17-8-6-16(7-9-17)22(29)26-13-15-4-2-1-3-5-15/h1-12,25H,13-14H2,(H,26,29)(H,27,28). The van der Waals surface area contributed by atoms with Crippen LogP contribution in [0.5, 0.6) is 0 Å². The summed E-state index contributed by atoms with van der Waals surface area (Å²) in [6.07, 6.45) is 0. The number of nitrogens with one attached hydrogen (secondary N) is 3. The number of hydrogen-bond acceptors (Lipinski definition) is 3. The molecule has 0 aliphatic carbocycles. The van der Waals surface area contributed by atoms with Gasteiger partial charge in [-0.2, -0.15) is 0 Å². The van der Waals surface area contributed by atoms with Gasteiger partial charge in [-0.3, -0.25) is 9.59 Å². The van der Waals surface area contributed by atoms with E-state index in [2.05, 4.69) is 16.0 Å². The van der Waals surface area contributed by atoms with E-state index in [-0.39, 0.29) is 23.4 Å². The van der Waals surface area contributed by atoms with E-state index in [0.717, 1.165) is 5.56 Å². The molecule has 3 aromatic carbocycles. The van der Waals surface area contributed by atoms with E-state index in [4.69, 9.17) is 11.6 Å². The van der Waals surface area contributed by atoms with Gasteiger partial charge in [0.2, 0.25) is 5.91 Å². The lowest BCUT2D eigenvalue weighted by Gasteiger charge is -2.09. The van der Waals surface area contributed by atoms with Gasteiger partial charge in [-0.1, -0.05) is 41.9 Å². The van der Waals surface area contributed by atoms with Crippen LogP contribution in [0.15, 0.2) is 72.8 Å². The van der Waals surface area contributed by atoms with Crippen molar-refractivity contribution < 1.29 is 14.0 Å². The maximum atomic E-state index is 13.1. The second-order valence-corrected chi connectivity index (χ2v) is 6.68. The van der Waals surface area contributed by atoms with E-state index in [1.165, 1.54) is 18.2 Å². The summed E-state index contributed by atoms with van der Waals surface area (Å²) in [6, 6.07) is 20.4. The Kier molecular flexibility index (Phi) is 6.81. The Bertz CT molecular complexity index is 995. The maximum absolute atomic E-state index is 13.1. The molecule has 0 radical (unpaired) electrons. The van der Waals surface area contributed by atoms with Gasteiger partial charge in [0.15, 0.2) is 0 Å². The van der Waals surface area contributed by atoms with Crippen LogP contribution in [0.4, 0.5) is 15.8 Å². The average Bonchev–Trinajstić information content (AvgIpc) is 2.74. The van der Waals surface area contributed by atoms with Crippen molar-refractivity contribution in [1.29, 1.82) is 0 Å². The highest BCUT2D eigenvalue weighted by Crippen LogP contribution is 2.19. The SMILES string of the molecule is O=C(CNc1ccc(F)c(Cl)c1)Nc1ccc(C(=O)NCc2ccccc2)cc1. The van der Waals surface area contributed by atoms with Crippen molar-refractivity contribution in [3.8, 4) is 0 Å². The van der Waals surface area contributed by atoms with Gasteiger partial charge in [0.05, 0.1) is 11.6 Å². The van der Waals surface area contributed by atoms with E-state index in [9.17, 15) is 14.0 Å². The fourth-order valence-corrected chi connectivity index (χ4v) is 2.76. The van der Waals surface area contributed by atoms with E-state index in [1.807, 2.05) is 30.3 Å². The van der Waals surface area contributed by atoms with E-state index in [1.54, 1.807) is 24.3 Å². The highest BCUT2D eigenvalue weighted by Gasteiger charge is 2.07. The quantitative estimate of drug-likeness (QED) is 0.537. The predicted octanol–water partition coefficient (Wildman–Crippen LogP) is 4.46. The molecule has 0 aliphatic heterocycles. The number of halogens is 2. The second-order valence-electron chi connectivity index (χ2n) is 6.28. The lowest BCUT2D eigenvalue weighted by molar-refractivity contribution is -0.114. The summed E-state index contributed by atoms with van der Waals surface area (Å²) in [7, 11) is 0. The molecule has 7 heteroatoms. The van der Waals surface area contributed by atoms with Crippen LogP contribution in [0.3, 0.4) is 0 Å². The Hall–Kier alpha value is -3.38. The van der Waals surface area contributed by atoms with Crippen LogP contribution in [0, 0.1) is 5.82 Å². The summed E-state index contributed by atoms with van der Waals surface area (Å²) in [6.45, 7) is 0.429. The number of benzene rings is 3. The van der Waals surface area contributed by atoms with Gasteiger partial charge in [0.25, 0.3) is 5.91 Å². The molecular formula is C22H19ClFN3O2. The zero-order chi connectivity index (χ0) is 20.6. The zero-order valence-electron chi connectivity index (χ0n) is 15.4. The van der Waals surface area contributed by atoms with E-state index >= 15 is 0 Å². The molecule has 2 amide bonds. The third-order valence-corrected chi connectivity index (χ3v) is 4.39. The van der Waals surface area contributed by atoms with Crippen LogP contribution in [-0.2, 0) is 11.3 Å². The first-order valence-corrected chi connectivity index (χ1v) is 9.30. The molecule has 29 heavy (non-hydrogen) atoms. The van der Waals surface area contributed by atoms with Crippen molar-refractivity contribution >= 4 is 34.8 Å². The molecule has 148 valence electrons. The van der Waals surface area contributed by atoms with Crippen molar-refractivity contribution in [2.75, 3.05) is 17.2 Å². The molecule has 3 aromatic rings. The molecule has 0 atom stereocenters. The van der Waals surface area contributed by atoms with Crippen molar-refractivity contribution in [3.05, 3.63) is 94.8 Å². The summed E-state index contributed by atoms with van der Waals surface area (Å²) in [5.41, 5.74) is 2.61. The van der Waals surface area contributed by atoms with Gasteiger partial charge >= 0.3 is 0 Å². The first kappa shape index (κ1) is 20.4. The van der Waals surface area contributed by atoms with Crippen LogP contribution < -0.4 is 16.0 Å². The molecular weight excluding hydrogens is 393 g/mol. The monoisotopic (exact) mass is 411 g/mol. The third-order valence-electron chi connectivity index (χ3n) is 4.10. The normalized spacial score (nSPS) is 10.3. The minimum Gasteiger partial charge on any atom is -0.376 e. The average molecular weight is 412 g/mol. The Labute approximate surface area is 172 Å². The highest BCUT2D eigenvalue weighted by molar-refractivity contribution is 6.31. The topological polar surface area (TPSA) is 70.2 Å². The number of carbonyl (C=O) groups excluding carboxylic acids is 2. The van der Waals surface area contributed by atoms with Crippen LogP contribution >= 0.6 is 11.6 Å². The molecule has 3 rings (SSSR count). The molecule has 0 heterocycles. The fourth-order valence-electron chi connectivity index (χ4n) is 2.58. The van der Waals surface area contributed by atoms with Gasteiger partial charge < -0.3 is 16.0 Å². The fraction of sp³-hybridized carbons (Fsp3) is 0.0909. The molecule has 3 N–H and O–H groups in total. The smallest absolute Gasteiger partial charge is 0.251 e. The Morgan fingerprint density at radius 3 is 2.28 bits per heavy atom. The summed E-state index contributed by atoms with van der Waals surface area (Å²) in [4.78, 5) is 24.3. The van der Waals surface area contributed by atoms with Crippen LogP contribution in [-0.4, -0.2) is 18.4 Å².